The lowest BCUT2D eigenvalue weighted by Gasteiger charge is -2.21. The van der Waals surface area contributed by atoms with Crippen LogP contribution in [0.5, 0.6) is 0 Å². The van der Waals surface area contributed by atoms with Gasteiger partial charge >= 0.3 is 0 Å². The lowest BCUT2D eigenvalue weighted by molar-refractivity contribution is -0.428. The molecule has 0 spiro atoms. The van der Waals surface area contributed by atoms with E-state index in [1.165, 1.54) is 134 Å². The smallest absolute Gasteiger partial charge is 0.0598 e. The van der Waals surface area contributed by atoms with Crippen molar-refractivity contribution in [3.05, 3.63) is 60.2 Å². The van der Waals surface area contributed by atoms with Gasteiger partial charge in [0.2, 0.25) is 0 Å². The first-order chi connectivity index (χ1) is 19.9. The second kappa shape index (κ2) is 25.8. The van der Waals surface area contributed by atoms with E-state index in [0.29, 0.717) is 0 Å². The minimum atomic E-state index is -0.611. The van der Waals surface area contributed by atoms with Gasteiger partial charge in [0.25, 0.3) is 0 Å². The first-order valence-electron chi connectivity index (χ1n) is 16.6. The summed E-state index contributed by atoms with van der Waals surface area (Å²) in [5.41, 5.74) is 2.20. The van der Waals surface area contributed by atoms with Crippen LogP contribution in [-0.2, 0) is 6.42 Å². The van der Waals surface area contributed by atoms with Crippen LogP contribution in [0.4, 0.5) is 0 Å². The van der Waals surface area contributed by atoms with Crippen molar-refractivity contribution in [2.75, 3.05) is 13.1 Å². The van der Waals surface area contributed by atoms with Gasteiger partial charge in [-0.3, -0.25) is 9.97 Å². The average molecular weight is 550 g/mol. The monoisotopic (exact) mass is 549 g/mol. The predicted molar refractivity (Wildman–Crippen MR) is 166 cm³/mol. The Kier molecular flexibility index (Phi) is 22.0. The largest absolute Gasteiger partial charge is 0.848 e. The molecule has 0 bridgehead atoms. The molecule has 5 nitrogen and oxygen atoms in total. The Morgan fingerprint density at radius 3 is 1.45 bits per heavy atom. The minimum absolute atomic E-state index is 0.611. The van der Waals surface area contributed by atoms with Crippen LogP contribution in [-0.4, -0.2) is 23.1 Å². The quantitative estimate of drug-likeness (QED) is 0.0822. The van der Waals surface area contributed by atoms with E-state index < -0.39 is 6.10 Å². The molecule has 2 aromatic rings. The third kappa shape index (κ3) is 19.8. The average Bonchev–Trinajstić information content (AvgIpc) is 2.99. The molecular weight excluding hydrogens is 492 g/mol. The van der Waals surface area contributed by atoms with Crippen molar-refractivity contribution in [2.24, 2.45) is 10.2 Å². The van der Waals surface area contributed by atoms with Gasteiger partial charge in [-0.25, -0.2) is 0 Å². The van der Waals surface area contributed by atoms with Crippen LogP contribution in [0.15, 0.2) is 59.3 Å². The van der Waals surface area contributed by atoms with E-state index in [1.807, 2.05) is 30.6 Å². The maximum atomic E-state index is 12.1. The van der Waals surface area contributed by atoms with Gasteiger partial charge in [0.15, 0.2) is 0 Å². The molecule has 0 N–H and O–H groups in total. The van der Waals surface area contributed by atoms with Crippen LogP contribution < -0.4 is 5.11 Å². The normalized spacial score (nSPS) is 12.3. The zero-order valence-electron chi connectivity index (χ0n) is 25.4. The van der Waals surface area contributed by atoms with Crippen molar-refractivity contribution < 1.29 is 5.11 Å². The summed E-state index contributed by atoms with van der Waals surface area (Å²) in [4.78, 5) is 8.23. The number of pyridine rings is 2. The van der Waals surface area contributed by atoms with Crippen LogP contribution >= 0.6 is 0 Å². The van der Waals surface area contributed by atoms with Gasteiger partial charge < -0.3 is 5.11 Å². The molecule has 0 aliphatic rings. The molecule has 0 amide bonds. The molecule has 2 heterocycles. The van der Waals surface area contributed by atoms with Gasteiger partial charge in [0, 0.05) is 24.8 Å². The third-order valence-corrected chi connectivity index (χ3v) is 7.83. The standard InChI is InChI=1S/C35H57N4O/c40-35(34-25-22-28-37-32-34)26-18-14-10-6-4-8-12-16-20-30-39-38-29-19-15-11-7-3-1-2-5-9-13-17-23-33-24-21-27-36-31-33/h21-22,24-25,27-28,31-32,35H,1-20,23,26,29-30H2/q-1. The van der Waals surface area contributed by atoms with Crippen molar-refractivity contribution in [3.63, 3.8) is 0 Å². The Bertz CT molecular complexity index is 815. The van der Waals surface area contributed by atoms with E-state index in [1.54, 1.807) is 12.4 Å². The Hall–Kier alpha value is -2.14. The summed E-state index contributed by atoms with van der Waals surface area (Å²) >= 11 is 0. The minimum Gasteiger partial charge on any atom is -0.848 e. The van der Waals surface area contributed by atoms with Crippen molar-refractivity contribution in [3.8, 4) is 0 Å². The highest BCUT2D eigenvalue weighted by molar-refractivity contribution is 5.11. The highest BCUT2D eigenvalue weighted by Crippen LogP contribution is 2.17. The number of azo groups is 1. The fraction of sp³-hybridized carbons (Fsp3) is 0.714. The number of hydrogen-bond donors (Lipinski definition) is 0. The summed E-state index contributed by atoms with van der Waals surface area (Å²) in [6, 6.07) is 7.96. The van der Waals surface area contributed by atoms with E-state index in [9.17, 15) is 5.11 Å². The van der Waals surface area contributed by atoms with Crippen molar-refractivity contribution in [1.29, 1.82) is 0 Å². The Morgan fingerprint density at radius 1 is 0.525 bits per heavy atom. The summed E-state index contributed by atoms with van der Waals surface area (Å²) in [6.45, 7) is 1.81. The van der Waals surface area contributed by atoms with E-state index >= 15 is 0 Å². The fourth-order valence-electron chi connectivity index (χ4n) is 5.27. The van der Waals surface area contributed by atoms with Crippen LogP contribution in [0, 0.1) is 0 Å². The SMILES string of the molecule is [O-]C(CCCCCCCCCCCN=NCCCCCCCCCCCCCc1cccnc1)c1cccnc1. The summed E-state index contributed by atoms with van der Waals surface area (Å²) in [7, 11) is 0. The Labute approximate surface area is 245 Å². The van der Waals surface area contributed by atoms with Crippen LogP contribution in [0.3, 0.4) is 0 Å². The van der Waals surface area contributed by atoms with Gasteiger partial charge in [-0.05, 0) is 48.9 Å². The first kappa shape index (κ1) is 34.1. The van der Waals surface area contributed by atoms with E-state index in [0.717, 1.165) is 31.5 Å². The van der Waals surface area contributed by atoms with E-state index in [2.05, 4.69) is 26.3 Å². The molecule has 224 valence electrons. The van der Waals surface area contributed by atoms with Gasteiger partial charge in [-0.15, -0.1) is 0 Å². The van der Waals surface area contributed by atoms with Crippen molar-refractivity contribution in [1.82, 2.24) is 9.97 Å². The molecule has 0 saturated heterocycles. The van der Waals surface area contributed by atoms with Crippen LogP contribution in [0.2, 0.25) is 0 Å². The van der Waals surface area contributed by atoms with Crippen molar-refractivity contribution in [2.45, 2.75) is 147 Å². The molecule has 40 heavy (non-hydrogen) atoms. The second-order valence-corrected chi connectivity index (χ2v) is 11.5. The maximum absolute atomic E-state index is 12.1. The van der Waals surface area contributed by atoms with E-state index in [-0.39, 0.29) is 0 Å². The summed E-state index contributed by atoms with van der Waals surface area (Å²) in [6.07, 6.45) is 34.6. The molecule has 2 rings (SSSR count). The number of aromatic nitrogens is 2. The maximum Gasteiger partial charge on any atom is 0.0598 e. The van der Waals surface area contributed by atoms with Gasteiger partial charge in [0.05, 0.1) is 13.1 Å². The molecule has 2 aromatic heterocycles. The summed E-state index contributed by atoms with van der Waals surface area (Å²) in [5.74, 6) is 0. The Balaban J connectivity index is 1.20. The number of aryl methyl sites for hydroxylation is 1. The number of unbranched alkanes of at least 4 members (excludes halogenated alkanes) is 18. The van der Waals surface area contributed by atoms with Crippen molar-refractivity contribution >= 4 is 0 Å². The lowest BCUT2D eigenvalue weighted by atomic mass is 10.0. The molecular formula is C35H57N4O-. The molecule has 5 heteroatoms. The van der Waals surface area contributed by atoms with Gasteiger partial charge in [-0.1, -0.05) is 134 Å². The second-order valence-electron chi connectivity index (χ2n) is 11.5. The first-order valence-corrected chi connectivity index (χ1v) is 16.6. The zero-order chi connectivity index (χ0) is 28.2. The topological polar surface area (TPSA) is 73.6 Å². The highest BCUT2D eigenvalue weighted by Gasteiger charge is 1.99. The number of rotatable bonds is 27. The molecule has 0 aromatic carbocycles. The van der Waals surface area contributed by atoms with Crippen LogP contribution in [0.1, 0.15) is 152 Å². The van der Waals surface area contributed by atoms with Gasteiger partial charge in [0.1, 0.15) is 0 Å². The fourth-order valence-corrected chi connectivity index (χ4v) is 5.27. The molecule has 1 unspecified atom stereocenters. The molecule has 0 fully saturated rings. The molecule has 0 saturated carbocycles. The number of nitrogens with zero attached hydrogens (tertiary/aromatic N) is 4. The molecule has 0 radical (unpaired) electrons. The summed E-state index contributed by atoms with van der Waals surface area (Å²) in [5, 5.41) is 20.9. The van der Waals surface area contributed by atoms with E-state index in [4.69, 9.17) is 0 Å². The molecule has 0 aliphatic carbocycles. The molecule has 1 atom stereocenters. The summed E-state index contributed by atoms with van der Waals surface area (Å²) < 4.78 is 0. The Morgan fingerprint density at radius 2 is 0.975 bits per heavy atom. The number of hydrogen-bond acceptors (Lipinski definition) is 5. The lowest BCUT2D eigenvalue weighted by Crippen LogP contribution is -2.15. The molecule has 0 aliphatic heterocycles. The third-order valence-electron chi connectivity index (χ3n) is 7.83. The zero-order valence-corrected chi connectivity index (χ0v) is 25.4. The highest BCUT2D eigenvalue weighted by atomic mass is 16.3. The predicted octanol–water partition coefficient (Wildman–Crippen LogP) is 9.77. The van der Waals surface area contributed by atoms with Gasteiger partial charge in [-0.2, -0.15) is 10.2 Å². The van der Waals surface area contributed by atoms with Crippen LogP contribution in [0.25, 0.3) is 0 Å².